The Morgan fingerprint density at radius 1 is 1.27 bits per heavy atom. The molecule has 1 spiro atoms. The number of carbonyl (C=O) groups excluding carboxylic acids is 2. The summed E-state index contributed by atoms with van der Waals surface area (Å²) in [4.78, 5) is 27.0. The number of nitrogens with one attached hydrogen (secondary N) is 1. The molecule has 2 fully saturated rings. The zero-order chi connectivity index (χ0) is 21.5. The summed E-state index contributed by atoms with van der Waals surface area (Å²) >= 11 is 0. The van der Waals surface area contributed by atoms with E-state index in [4.69, 9.17) is 4.74 Å². The molecule has 3 aliphatic rings. The van der Waals surface area contributed by atoms with E-state index in [2.05, 4.69) is 38.2 Å². The van der Waals surface area contributed by atoms with Crippen molar-refractivity contribution in [3.63, 3.8) is 0 Å². The number of benzene rings is 1. The molecule has 0 unspecified atom stereocenters. The maximum Gasteiger partial charge on any atom is 0.325 e. The monoisotopic (exact) mass is 414 g/mol. The van der Waals surface area contributed by atoms with Gasteiger partial charge in [-0.1, -0.05) is 45.0 Å². The van der Waals surface area contributed by atoms with Crippen LogP contribution >= 0.6 is 0 Å². The van der Waals surface area contributed by atoms with Crippen LogP contribution in [0.15, 0.2) is 24.3 Å². The summed E-state index contributed by atoms with van der Waals surface area (Å²) in [5.74, 6) is 0.159. The predicted molar refractivity (Wildman–Crippen MR) is 114 cm³/mol. The van der Waals surface area contributed by atoms with Gasteiger partial charge >= 0.3 is 6.03 Å². The van der Waals surface area contributed by atoms with Gasteiger partial charge < -0.3 is 15.2 Å². The normalized spacial score (nSPS) is 31.5. The first-order valence-electron chi connectivity index (χ1n) is 11.2. The Kier molecular flexibility index (Phi) is 5.66. The number of aliphatic hydroxyl groups excluding tert-OH is 1. The van der Waals surface area contributed by atoms with Crippen LogP contribution in [0, 0.1) is 11.3 Å². The third-order valence-electron chi connectivity index (χ3n) is 6.82. The van der Waals surface area contributed by atoms with Gasteiger partial charge in [0.15, 0.2) is 0 Å². The van der Waals surface area contributed by atoms with Crippen molar-refractivity contribution in [1.29, 1.82) is 0 Å². The Hall–Kier alpha value is -1.92. The summed E-state index contributed by atoms with van der Waals surface area (Å²) < 4.78 is 6.02. The standard InChI is InChI=1S/C24H34N2O4/c1-16-11-23(2,3)15-24(12-16)21(28)26(22(29)25-24)13-18(27)14-30-20-10-6-8-17-7-4-5-9-19(17)20/h4-5,7,9,16,18,20,27H,6,8,10-15H2,1-3H3,(H,25,29)/t16-,18-,20+,24+/m1/s1. The lowest BCUT2D eigenvalue weighted by Gasteiger charge is -2.43. The number of hydrogen-bond donors (Lipinski definition) is 2. The minimum Gasteiger partial charge on any atom is -0.389 e. The van der Waals surface area contributed by atoms with Crippen molar-refractivity contribution in [3.05, 3.63) is 35.4 Å². The van der Waals surface area contributed by atoms with Crippen LogP contribution in [-0.2, 0) is 16.0 Å². The molecule has 4 rings (SSSR count). The molecule has 6 nitrogen and oxygen atoms in total. The zero-order valence-electron chi connectivity index (χ0n) is 18.3. The molecule has 6 heteroatoms. The minimum atomic E-state index is -0.905. The zero-order valence-corrected chi connectivity index (χ0v) is 18.3. The fourth-order valence-electron chi connectivity index (χ4n) is 6.04. The lowest BCUT2D eigenvalue weighted by Crippen LogP contribution is -2.54. The number of β-amino-alcohol motifs (C(OH)–C–C–N with tert-alkyl or cyclic N) is 1. The molecule has 1 aromatic carbocycles. The van der Waals surface area contributed by atoms with E-state index in [1.54, 1.807) is 0 Å². The molecule has 0 aromatic heterocycles. The summed E-state index contributed by atoms with van der Waals surface area (Å²) in [6.07, 6.45) is 4.41. The summed E-state index contributed by atoms with van der Waals surface area (Å²) in [6.45, 7) is 6.50. The third-order valence-corrected chi connectivity index (χ3v) is 6.82. The van der Waals surface area contributed by atoms with Gasteiger partial charge in [0.25, 0.3) is 5.91 Å². The van der Waals surface area contributed by atoms with E-state index in [9.17, 15) is 14.7 Å². The van der Waals surface area contributed by atoms with Crippen molar-refractivity contribution in [3.8, 4) is 0 Å². The molecule has 30 heavy (non-hydrogen) atoms. The molecular formula is C24H34N2O4. The molecule has 3 amide bonds. The van der Waals surface area contributed by atoms with E-state index >= 15 is 0 Å². The van der Waals surface area contributed by atoms with Gasteiger partial charge in [0.2, 0.25) is 0 Å². The third kappa shape index (κ3) is 4.12. The Bertz CT molecular complexity index is 823. The first kappa shape index (κ1) is 21.3. The van der Waals surface area contributed by atoms with Crippen LogP contribution in [-0.4, -0.2) is 46.7 Å². The summed E-state index contributed by atoms with van der Waals surface area (Å²) in [5.41, 5.74) is 1.64. The molecule has 2 aliphatic carbocycles. The smallest absolute Gasteiger partial charge is 0.325 e. The molecule has 0 radical (unpaired) electrons. The van der Waals surface area contributed by atoms with E-state index < -0.39 is 17.7 Å². The van der Waals surface area contributed by atoms with Gasteiger partial charge in [-0.05, 0) is 61.0 Å². The highest BCUT2D eigenvalue weighted by Crippen LogP contribution is 2.46. The molecule has 1 saturated heterocycles. The van der Waals surface area contributed by atoms with Crippen molar-refractivity contribution in [2.24, 2.45) is 11.3 Å². The Morgan fingerprint density at radius 3 is 2.80 bits per heavy atom. The fourth-order valence-corrected chi connectivity index (χ4v) is 6.04. The van der Waals surface area contributed by atoms with E-state index in [1.807, 2.05) is 12.1 Å². The van der Waals surface area contributed by atoms with Crippen molar-refractivity contribution in [2.75, 3.05) is 13.2 Å². The van der Waals surface area contributed by atoms with E-state index in [0.29, 0.717) is 18.8 Å². The molecule has 1 saturated carbocycles. The number of aliphatic hydroxyl groups is 1. The van der Waals surface area contributed by atoms with E-state index in [0.717, 1.165) is 25.7 Å². The Morgan fingerprint density at radius 2 is 2.03 bits per heavy atom. The van der Waals surface area contributed by atoms with Gasteiger partial charge in [0, 0.05) is 0 Å². The van der Waals surface area contributed by atoms with Crippen molar-refractivity contribution < 1.29 is 19.4 Å². The quantitative estimate of drug-likeness (QED) is 0.722. The van der Waals surface area contributed by atoms with E-state index in [-0.39, 0.29) is 30.6 Å². The number of fused-ring (bicyclic) bond motifs is 1. The van der Waals surface area contributed by atoms with Crippen LogP contribution in [0.25, 0.3) is 0 Å². The summed E-state index contributed by atoms with van der Waals surface area (Å²) in [7, 11) is 0. The van der Waals surface area contributed by atoms with Crippen molar-refractivity contribution in [1.82, 2.24) is 10.2 Å². The largest absolute Gasteiger partial charge is 0.389 e. The van der Waals surface area contributed by atoms with Gasteiger partial charge in [-0.3, -0.25) is 9.69 Å². The fraction of sp³-hybridized carbons (Fsp3) is 0.667. The summed E-state index contributed by atoms with van der Waals surface area (Å²) in [6, 6.07) is 7.86. The molecule has 1 aromatic rings. The SMILES string of the molecule is C[C@@H]1CC(C)(C)C[C@]2(C1)NC(=O)N(C[C@@H](O)CO[C@H]1CCCc3ccccc31)C2=O. The maximum atomic E-state index is 13.2. The van der Waals surface area contributed by atoms with Gasteiger partial charge in [-0.2, -0.15) is 0 Å². The molecule has 164 valence electrons. The average Bonchev–Trinajstić information content (AvgIpc) is 2.88. The van der Waals surface area contributed by atoms with Gasteiger partial charge in [0.1, 0.15) is 5.54 Å². The molecule has 1 aliphatic heterocycles. The van der Waals surface area contributed by atoms with Gasteiger partial charge in [-0.15, -0.1) is 0 Å². The van der Waals surface area contributed by atoms with Crippen LogP contribution in [0.2, 0.25) is 0 Å². The highest BCUT2D eigenvalue weighted by molar-refractivity contribution is 6.07. The highest BCUT2D eigenvalue weighted by atomic mass is 16.5. The second-order valence-corrected chi connectivity index (χ2v) is 10.3. The molecule has 4 atom stereocenters. The highest BCUT2D eigenvalue weighted by Gasteiger charge is 2.56. The lowest BCUT2D eigenvalue weighted by molar-refractivity contribution is -0.136. The number of carbonyl (C=O) groups is 2. The predicted octanol–water partition coefficient (Wildman–Crippen LogP) is 3.58. The number of imide groups is 1. The van der Waals surface area contributed by atoms with Crippen molar-refractivity contribution in [2.45, 2.75) is 77.0 Å². The Labute approximate surface area is 179 Å². The molecule has 1 heterocycles. The topological polar surface area (TPSA) is 78.9 Å². The number of rotatable bonds is 5. The molecule has 2 N–H and O–H groups in total. The number of ether oxygens (including phenoxy) is 1. The first-order chi connectivity index (χ1) is 14.2. The lowest BCUT2D eigenvalue weighted by atomic mass is 9.64. The first-order valence-corrected chi connectivity index (χ1v) is 11.2. The van der Waals surface area contributed by atoms with Crippen molar-refractivity contribution >= 4 is 11.9 Å². The minimum absolute atomic E-state index is 0.00723. The second-order valence-electron chi connectivity index (χ2n) is 10.3. The second kappa shape index (κ2) is 7.97. The number of aryl methyl sites for hydroxylation is 1. The number of hydrogen-bond acceptors (Lipinski definition) is 4. The maximum absolute atomic E-state index is 13.2. The number of nitrogens with zero attached hydrogens (tertiary/aromatic N) is 1. The van der Waals surface area contributed by atoms with Gasteiger partial charge in [-0.25, -0.2) is 4.79 Å². The van der Waals surface area contributed by atoms with E-state index in [1.165, 1.54) is 16.0 Å². The number of urea groups is 1. The number of amides is 3. The van der Waals surface area contributed by atoms with Gasteiger partial charge in [0.05, 0.1) is 25.4 Å². The summed E-state index contributed by atoms with van der Waals surface area (Å²) in [5, 5.41) is 13.5. The Balaban J connectivity index is 1.38. The molecular weight excluding hydrogens is 380 g/mol. The van der Waals surface area contributed by atoms with Crippen LogP contribution in [0.3, 0.4) is 0 Å². The van der Waals surface area contributed by atoms with Crippen LogP contribution in [0.5, 0.6) is 0 Å². The molecule has 0 bridgehead atoms. The van der Waals surface area contributed by atoms with Crippen LogP contribution in [0.4, 0.5) is 4.79 Å². The average molecular weight is 415 g/mol. The van der Waals surface area contributed by atoms with Crippen LogP contribution in [0.1, 0.15) is 70.1 Å². The van der Waals surface area contributed by atoms with Crippen LogP contribution < -0.4 is 5.32 Å².